The number of alkyl halides is 3. The third-order valence-electron chi connectivity index (χ3n) is 5.70. The van der Waals surface area contributed by atoms with Crippen LogP contribution >= 0.6 is 0 Å². The second kappa shape index (κ2) is 8.93. The molecule has 34 heavy (non-hydrogen) atoms. The van der Waals surface area contributed by atoms with E-state index in [4.69, 9.17) is 9.47 Å². The van der Waals surface area contributed by atoms with E-state index in [1.165, 1.54) is 0 Å². The molecule has 0 radical (unpaired) electrons. The lowest BCUT2D eigenvalue weighted by molar-refractivity contribution is -0.141. The molecule has 2 aromatic heterocycles. The topological polar surface area (TPSA) is 123 Å². The van der Waals surface area contributed by atoms with E-state index < -0.39 is 17.4 Å². The molecule has 1 aromatic carbocycles. The fourth-order valence-electron chi connectivity index (χ4n) is 3.97. The number of nitrogens with one attached hydrogen (secondary N) is 2. The van der Waals surface area contributed by atoms with Crippen LogP contribution in [0.25, 0.3) is 0 Å². The molecule has 14 heteroatoms. The van der Waals surface area contributed by atoms with E-state index in [0.29, 0.717) is 62.4 Å². The third kappa shape index (κ3) is 4.95. The van der Waals surface area contributed by atoms with Gasteiger partial charge in [-0.2, -0.15) is 13.2 Å². The Bertz CT molecular complexity index is 1220. The molecular weight excluding hydrogens is 457 g/mol. The molecule has 1 saturated heterocycles. The number of tetrazole rings is 1. The predicted molar refractivity (Wildman–Crippen MR) is 111 cm³/mol. The smallest absolute Gasteiger partial charge is 0.433 e. The number of rotatable bonds is 6. The Kier molecular flexibility index (Phi) is 5.81. The monoisotopic (exact) mass is 478 g/mol. The van der Waals surface area contributed by atoms with Gasteiger partial charge in [0.15, 0.2) is 23.0 Å². The molecule has 0 amide bonds. The van der Waals surface area contributed by atoms with Crippen LogP contribution in [-0.4, -0.2) is 61.0 Å². The number of aromatic amines is 1. The van der Waals surface area contributed by atoms with Crippen molar-refractivity contribution in [3.63, 3.8) is 0 Å². The Balaban J connectivity index is 1.17. The standard InChI is InChI=1S/C20H21F3N8O3/c21-20(22,23)16-8-18(32)26-19(25-16)24-13-3-5-30(6-4-13)10-17-27-28-29-31(17)9-12-1-2-14-15(7-12)34-11-33-14/h1-2,7-8,13H,3-6,9-11H2,(H2,24,25,26,32). The SMILES string of the molecule is O=c1cc(C(F)(F)F)nc(NC2CCN(Cc3nnnn3Cc3ccc4c(c3)OCO4)CC2)[nH]1. The molecule has 5 rings (SSSR count). The Morgan fingerprint density at radius 1 is 1.12 bits per heavy atom. The van der Waals surface area contributed by atoms with Crippen LogP contribution in [0.15, 0.2) is 29.1 Å². The van der Waals surface area contributed by atoms with E-state index in [9.17, 15) is 18.0 Å². The van der Waals surface area contributed by atoms with E-state index in [1.807, 2.05) is 18.2 Å². The van der Waals surface area contributed by atoms with Gasteiger partial charge in [0.25, 0.3) is 5.56 Å². The summed E-state index contributed by atoms with van der Waals surface area (Å²) in [7, 11) is 0. The largest absolute Gasteiger partial charge is 0.454 e. The van der Waals surface area contributed by atoms with Crippen molar-refractivity contribution in [3.8, 4) is 11.5 Å². The van der Waals surface area contributed by atoms with Gasteiger partial charge in [-0.25, -0.2) is 9.67 Å². The van der Waals surface area contributed by atoms with Crippen molar-refractivity contribution < 1.29 is 22.6 Å². The first-order chi connectivity index (χ1) is 16.3. The van der Waals surface area contributed by atoms with E-state index in [2.05, 4.69) is 35.7 Å². The maximum absolute atomic E-state index is 12.9. The summed E-state index contributed by atoms with van der Waals surface area (Å²) in [6.45, 7) is 2.57. The highest BCUT2D eigenvalue weighted by Crippen LogP contribution is 2.32. The molecule has 0 atom stereocenters. The second-order valence-electron chi connectivity index (χ2n) is 8.11. The molecule has 11 nitrogen and oxygen atoms in total. The zero-order valence-corrected chi connectivity index (χ0v) is 17.9. The quantitative estimate of drug-likeness (QED) is 0.544. The van der Waals surface area contributed by atoms with E-state index in [-0.39, 0.29) is 18.8 Å². The number of H-pyrrole nitrogens is 1. The lowest BCUT2D eigenvalue weighted by atomic mass is 10.1. The minimum absolute atomic E-state index is 0.118. The van der Waals surface area contributed by atoms with Gasteiger partial charge in [0.05, 0.1) is 13.1 Å². The van der Waals surface area contributed by atoms with Crippen LogP contribution in [-0.2, 0) is 19.3 Å². The number of ether oxygens (including phenoxy) is 2. The fourth-order valence-corrected chi connectivity index (χ4v) is 3.97. The first-order valence-corrected chi connectivity index (χ1v) is 10.6. The summed E-state index contributed by atoms with van der Waals surface area (Å²) < 4.78 is 51.2. The minimum atomic E-state index is -4.68. The lowest BCUT2D eigenvalue weighted by Gasteiger charge is -2.32. The van der Waals surface area contributed by atoms with Crippen LogP contribution in [0.4, 0.5) is 19.1 Å². The Hall–Kier alpha value is -3.68. The minimum Gasteiger partial charge on any atom is -0.454 e. The number of piperidine rings is 1. The number of likely N-dealkylation sites (tertiary alicyclic amines) is 1. The molecule has 0 spiro atoms. The summed E-state index contributed by atoms with van der Waals surface area (Å²) in [5.41, 5.74) is -1.09. The van der Waals surface area contributed by atoms with Gasteiger partial charge < -0.3 is 14.8 Å². The lowest BCUT2D eigenvalue weighted by Crippen LogP contribution is -2.39. The summed E-state index contributed by atoms with van der Waals surface area (Å²) in [4.78, 5) is 19.6. The molecule has 3 aromatic rings. The summed E-state index contributed by atoms with van der Waals surface area (Å²) in [5, 5.41) is 14.9. The van der Waals surface area contributed by atoms with Gasteiger partial charge >= 0.3 is 6.18 Å². The van der Waals surface area contributed by atoms with Crippen molar-refractivity contribution >= 4 is 5.95 Å². The maximum atomic E-state index is 12.9. The van der Waals surface area contributed by atoms with Crippen molar-refractivity contribution in [2.45, 2.75) is 38.1 Å². The molecule has 2 N–H and O–H groups in total. The van der Waals surface area contributed by atoms with Gasteiger partial charge in [0, 0.05) is 25.2 Å². The van der Waals surface area contributed by atoms with Gasteiger partial charge in [0.1, 0.15) is 0 Å². The maximum Gasteiger partial charge on any atom is 0.433 e. The summed E-state index contributed by atoms with van der Waals surface area (Å²) in [6.07, 6.45) is -3.37. The van der Waals surface area contributed by atoms with Gasteiger partial charge in [-0.3, -0.25) is 14.7 Å². The van der Waals surface area contributed by atoms with Crippen molar-refractivity contribution in [2.24, 2.45) is 0 Å². The highest BCUT2D eigenvalue weighted by molar-refractivity contribution is 5.44. The van der Waals surface area contributed by atoms with E-state index in [1.54, 1.807) is 4.68 Å². The summed E-state index contributed by atoms with van der Waals surface area (Å²) in [6, 6.07) is 6.01. The van der Waals surface area contributed by atoms with Gasteiger partial charge in [-0.15, -0.1) is 5.10 Å². The van der Waals surface area contributed by atoms with E-state index >= 15 is 0 Å². The number of aromatic nitrogens is 6. The molecule has 180 valence electrons. The van der Waals surface area contributed by atoms with Gasteiger partial charge in [-0.05, 0) is 41.0 Å². The van der Waals surface area contributed by atoms with Crippen molar-refractivity contribution in [3.05, 3.63) is 51.7 Å². The van der Waals surface area contributed by atoms with Crippen molar-refractivity contribution in [2.75, 3.05) is 25.2 Å². The molecule has 0 unspecified atom stereocenters. The molecule has 0 aliphatic carbocycles. The number of anilines is 1. The highest BCUT2D eigenvalue weighted by atomic mass is 19.4. The Morgan fingerprint density at radius 3 is 2.71 bits per heavy atom. The molecule has 2 aliphatic rings. The highest BCUT2D eigenvalue weighted by Gasteiger charge is 2.33. The number of hydrogen-bond donors (Lipinski definition) is 2. The van der Waals surface area contributed by atoms with Crippen LogP contribution in [0.3, 0.4) is 0 Å². The van der Waals surface area contributed by atoms with Crippen LogP contribution in [0.5, 0.6) is 11.5 Å². The molecule has 1 fully saturated rings. The van der Waals surface area contributed by atoms with Crippen molar-refractivity contribution in [1.82, 2.24) is 35.1 Å². The van der Waals surface area contributed by atoms with Crippen LogP contribution in [0.1, 0.15) is 29.9 Å². The molecule has 0 bridgehead atoms. The zero-order valence-electron chi connectivity index (χ0n) is 17.9. The first kappa shape index (κ1) is 22.1. The molecule has 4 heterocycles. The van der Waals surface area contributed by atoms with E-state index in [0.717, 1.165) is 5.56 Å². The Labute approximate surface area is 190 Å². The fraction of sp³-hybridized carbons (Fsp3) is 0.450. The summed E-state index contributed by atoms with van der Waals surface area (Å²) >= 11 is 0. The van der Waals surface area contributed by atoms with Crippen LogP contribution < -0.4 is 20.3 Å². The molecule has 2 aliphatic heterocycles. The van der Waals surface area contributed by atoms with Crippen LogP contribution in [0.2, 0.25) is 0 Å². The third-order valence-corrected chi connectivity index (χ3v) is 5.70. The molecule has 0 saturated carbocycles. The number of halogens is 3. The average molecular weight is 478 g/mol. The number of benzene rings is 1. The zero-order chi connectivity index (χ0) is 23.7. The van der Waals surface area contributed by atoms with Crippen molar-refractivity contribution in [1.29, 1.82) is 0 Å². The average Bonchev–Trinajstić information content (AvgIpc) is 3.43. The Morgan fingerprint density at radius 2 is 1.91 bits per heavy atom. The summed E-state index contributed by atoms with van der Waals surface area (Å²) in [5.74, 6) is 1.93. The number of hydrogen-bond acceptors (Lipinski definition) is 9. The molecular formula is C20H21F3N8O3. The number of fused-ring (bicyclic) bond motifs is 1. The van der Waals surface area contributed by atoms with Gasteiger partial charge in [0.2, 0.25) is 12.7 Å². The first-order valence-electron chi connectivity index (χ1n) is 10.6. The predicted octanol–water partition coefficient (Wildman–Crippen LogP) is 1.63. The second-order valence-corrected chi connectivity index (χ2v) is 8.11. The van der Waals surface area contributed by atoms with Gasteiger partial charge in [-0.1, -0.05) is 6.07 Å². The van der Waals surface area contributed by atoms with Crippen LogP contribution in [0, 0.1) is 0 Å². The number of nitrogens with zero attached hydrogens (tertiary/aromatic N) is 6. The normalized spacial score (nSPS) is 16.7.